The van der Waals surface area contributed by atoms with E-state index in [1.54, 1.807) is 0 Å². The standard InChI is InChI=1S/C22H23F6NO9/c1-9(30)29-17-19(36-12(4)33)18(35-11(3)32)16(8-34-10(2)31)38-20(17)37-15-6-13(21(23,24)25)5-14(7-15)22(26,27)28/h5-7,16-20H,8H2,1-4H3,(H,29,30)/t16?,17-,18-,19-,20-/m1/s1. The SMILES string of the molecule is CC(=O)N[C@H]1[C@H](Oc2cc(C(F)(F)F)cc(C(F)(F)F)c2)OC(COC(C)=O)[C@@H](OC(C)=O)[C@@H]1OC(C)=O. The maximum absolute atomic E-state index is 13.3. The lowest BCUT2D eigenvalue weighted by Gasteiger charge is -2.44. The number of hydrogen-bond donors (Lipinski definition) is 1. The second-order valence-electron chi connectivity index (χ2n) is 8.08. The van der Waals surface area contributed by atoms with Crippen molar-refractivity contribution in [2.45, 2.75) is 70.7 Å². The van der Waals surface area contributed by atoms with Crippen molar-refractivity contribution in [3.8, 4) is 5.75 Å². The Kier molecular flexibility index (Phi) is 9.58. The number of hydrogen-bond acceptors (Lipinski definition) is 9. The molecule has 16 heteroatoms. The average Bonchev–Trinajstić information content (AvgIpc) is 2.74. The Morgan fingerprint density at radius 3 is 1.74 bits per heavy atom. The van der Waals surface area contributed by atoms with E-state index < -0.39 is 90.3 Å². The molecule has 212 valence electrons. The maximum Gasteiger partial charge on any atom is 0.416 e. The third-order valence-corrected chi connectivity index (χ3v) is 4.88. The molecule has 0 aromatic heterocycles. The van der Waals surface area contributed by atoms with Gasteiger partial charge in [0, 0.05) is 27.7 Å². The van der Waals surface area contributed by atoms with Crippen molar-refractivity contribution in [3.05, 3.63) is 29.3 Å². The molecule has 0 radical (unpaired) electrons. The van der Waals surface area contributed by atoms with Gasteiger partial charge in [-0.3, -0.25) is 19.2 Å². The van der Waals surface area contributed by atoms with E-state index in [1.165, 1.54) is 0 Å². The van der Waals surface area contributed by atoms with Gasteiger partial charge in [0.1, 0.15) is 24.5 Å². The third kappa shape index (κ3) is 8.49. The van der Waals surface area contributed by atoms with Gasteiger partial charge in [-0.05, 0) is 18.2 Å². The van der Waals surface area contributed by atoms with Crippen LogP contribution in [0, 0.1) is 0 Å². The number of carbonyl (C=O) groups excluding carboxylic acids is 4. The van der Waals surface area contributed by atoms with Crippen LogP contribution in [0.5, 0.6) is 5.75 Å². The van der Waals surface area contributed by atoms with Crippen LogP contribution in [0.15, 0.2) is 18.2 Å². The van der Waals surface area contributed by atoms with Crippen LogP contribution in [0.3, 0.4) is 0 Å². The molecule has 1 aromatic carbocycles. The van der Waals surface area contributed by atoms with Crippen molar-refractivity contribution in [1.29, 1.82) is 0 Å². The van der Waals surface area contributed by atoms with E-state index in [9.17, 15) is 45.5 Å². The molecular weight excluding hydrogens is 536 g/mol. The number of halogens is 6. The van der Waals surface area contributed by atoms with E-state index in [4.69, 9.17) is 23.7 Å². The Hall–Kier alpha value is -3.56. The molecular formula is C22H23F6NO9. The Balaban J connectivity index is 2.62. The van der Waals surface area contributed by atoms with Crippen LogP contribution in [0.2, 0.25) is 0 Å². The van der Waals surface area contributed by atoms with E-state index in [1.807, 2.05) is 0 Å². The van der Waals surface area contributed by atoms with Crippen LogP contribution in [-0.2, 0) is 50.5 Å². The van der Waals surface area contributed by atoms with E-state index >= 15 is 0 Å². The molecule has 1 unspecified atom stereocenters. The molecule has 38 heavy (non-hydrogen) atoms. The summed E-state index contributed by atoms with van der Waals surface area (Å²) in [6.45, 7) is 3.28. The fourth-order valence-electron chi connectivity index (χ4n) is 3.52. The molecule has 1 amide bonds. The number of ether oxygens (including phenoxy) is 5. The maximum atomic E-state index is 13.3. The highest BCUT2D eigenvalue weighted by molar-refractivity contribution is 5.73. The Bertz CT molecular complexity index is 1030. The minimum absolute atomic E-state index is 0.123. The largest absolute Gasteiger partial charge is 0.463 e. The van der Waals surface area contributed by atoms with Crippen LogP contribution < -0.4 is 10.1 Å². The topological polar surface area (TPSA) is 126 Å². The summed E-state index contributed by atoms with van der Waals surface area (Å²) in [5.74, 6) is -4.48. The zero-order chi connectivity index (χ0) is 29.0. The molecule has 1 fully saturated rings. The van der Waals surface area contributed by atoms with Crippen molar-refractivity contribution in [2.75, 3.05) is 6.61 Å². The molecule has 0 aliphatic carbocycles. The fourth-order valence-corrected chi connectivity index (χ4v) is 3.52. The molecule has 1 aliphatic heterocycles. The monoisotopic (exact) mass is 559 g/mol. The van der Waals surface area contributed by atoms with Gasteiger partial charge in [-0.25, -0.2) is 0 Å². The third-order valence-electron chi connectivity index (χ3n) is 4.88. The van der Waals surface area contributed by atoms with Gasteiger partial charge < -0.3 is 29.0 Å². The summed E-state index contributed by atoms with van der Waals surface area (Å²) in [5, 5.41) is 2.28. The fraction of sp³-hybridized carbons (Fsp3) is 0.545. The zero-order valence-corrected chi connectivity index (χ0v) is 20.3. The lowest BCUT2D eigenvalue weighted by molar-refractivity contribution is -0.257. The first-order chi connectivity index (χ1) is 17.4. The summed E-state index contributed by atoms with van der Waals surface area (Å²) in [7, 11) is 0. The predicted octanol–water partition coefficient (Wildman–Crippen LogP) is 2.76. The minimum Gasteiger partial charge on any atom is -0.463 e. The van der Waals surface area contributed by atoms with Crippen molar-refractivity contribution in [3.63, 3.8) is 0 Å². The molecule has 1 heterocycles. The number of rotatable bonds is 7. The summed E-state index contributed by atoms with van der Waals surface area (Å²) in [5.41, 5.74) is -3.39. The van der Waals surface area contributed by atoms with Gasteiger partial charge in [0.05, 0.1) is 11.1 Å². The average molecular weight is 559 g/mol. The highest BCUT2D eigenvalue weighted by Crippen LogP contribution is 2.39. The smallest absolute Gasteiger partial charge is 0.416 e. The van der Waals surface area contributed by atoms with Crippen LogP contribution in [0.4, 0.5) is 26.3 Å². The van der Waals surface area contributed by atoms with Crippen molar-refractivity contribution < 1.29 is 69.2 Å². The summed E-state index contributed by atoms with van der Waals surface area (Å²) in [6, 6.07) is -1.20. The molecule has 1 aromatic rings. The van der Waals surface area contributed by atoms with Gasteiger partial charge in [-0.15, -0.1) is 0 Å². The Labute approximate surface area is 211 Å². The van der Waals surface area contributed by atoms with Gasteiger partial charge in [-0.2, -0.15) is 26.3 Å². The van der Waals surface area contributed by atoms with Crippen molar-refractivity contribution in [2.24, 2.45) is 0 Å². The lowest BCUT2D eigenvalue weighted by Crippen LogP contribution is -2.67. The quantitative estimate of drug-likeness (QED) is 0.305. The minimum atomic E-state index is -5.19. The van der Waals surface area contributed by atoms with E-state index in [-0.39, 0.29) is 18.2 Å². The van der Waals surface area contributed by atoms with Gasteiger partial charge in [0.2, 0.25) is 12.2 Å². The second kappa shape index (κ2) is 11.9. The van der Waals surface area contributed by atoms with Gasteiger partial charge >= 0.3 is 30.3 Å². The second-order valence-corrected chi connectivity index (χ2v) is 8.08. The summed E-state index contributed by atoms with van der Waals surface area (Å²) < 4.78 is 106. The number of esters is 3. The summed E-state index contributed by atoms with van der Waals surface area (Å²) in [4.78, 5) is 46.8. The number of benzene rings is 1. The molecule has 5 atom stereocenters. The Morgan fingerprint density at radius 1 is 0.816 bits per heavy atom. The highest BCUT2D eigenvalue weighted by Gasteiger charge is 2.52. The number of amides is 1. The van der Waals surface area contributed by atoms with E-state index in [0.717, 1.165) is 27.7 Å². The predicted molar refractivity (Wildman–Crippen MR) is 111 cm³/mol. The Morgan fingerprint density at radius 2 is 1.32 bits per heavy atom. The molecule has 1 N–H and O–H groups in total. The molecule has 0 spiro atoms. The number of carbonyl (C=O) groups is 4. The van der Waals surface area contributed by atoms with Crippen molar-refractivity contribution in [1.82, 2.24) is 5.32 Å². The molecule has 0 saturated carbocycles. The van der Waals surface area contributed by atoms with Crippen molar-refractivity contribution >= 4 is 23.8 Å². The molecule has 1 saturated heterocycles. The number of alkyl halides is 6. The summed E-state index contributed by atoms with van der Waals surface area (Å²) in [6.07, 6.45) is -17.0. The van der Waals surface area contributed by atoms with Crippen LogP contribution in [0.1, 0.15) is 38.8 Å². The highest BCUT2D eigenvalue weighted by atomic mass is 19.4. The lowest BCUT2D eigenvalue weighted by atomic mass is 9.96. The van der Waals surface area contributed by atoms with Crippen LogP contribution in [-0.4, -0.2) is 61.1 Å². The molecule has 0 bridgehead atoms. The van der Waals surface area contributed by atoms with Gasteiger partial charge in [-0.1, -0.05) is 0 Å². The van der Waals surface area contributed by atoms with Gasteiger partial charge in [0.25, 0.3) is 0 Å². The zero-order valence-electron chi connectivity index (χ0n) is 20.3. The first-order valence-electron chi connectivity index (χ1n) is 10.7. The molecule has 2 rings (SSSR count). The van der Waals surface area contributed by atoms with Gasteiger partial charge in [0.15, 0.2) is 12.2 Å². The molecule has 10 nitrogen and oxygen atoms in total. The number of nitrogens with one attached hydrogen (secondary N) is 1. The van der Waals surface area contributed by atoms with Crippen LogP contribution >= 0.6 is 0 Å². The normalized spacial score (nSPS) is 23.7. The van der Waals surface area contributed by atoms with E-state index in [0.29, 0.717) is 0 Å². The van der Waals surface area contributed by atoms with E-state index in [2.05, 4.69) is 5.32 Å². The first-order valence-corrected chi connectivity index (χ1v) is 10.7. The van der Waals surface area contributed by atoms with Crippen LogP contribution in [0.25, 0.3) is 0 Å². The summed E-state index contributed by atoms with van der Waals surface area (Å²) >= 11 is 0. The first kappa shape index (κ1) is 30.7. The molecule has 1 aliphatic rings.